The first-order chi connectivity index (χ1) is 7.54. The second kappa shape index (κ2) is 4.88. The highest BCUT2D eigenvalue weighted by molar-refractivity contribution is 9.13. The number of alkyl halides is 1. The average Bonchev–Trinajstić information content (AvgIpc) is 2.69. The maximum atomic E-state index is 11.8. The standard InChI is InChI=1S/C9H6Br3NO2S/c10-2-5(15)13-3-1-4(14)6-7(11)9(12)16-8(3)6/h3H,1-2H2,(H,13,15). The molecule has 1 atom stereocenters. The molecule has 0 aromatic carbocycles. The van der Waals surface area contributed by atoms with Gasteiger partial charge < -0.3 is 5.32 Å². The molecule has 1 aromatic heterocycles. The van der Waals surface area contributed by atoms with Gasteiger partial charge in [-0.25, -0.2) is 0 Å². The van der Waals surface area contributed by atoms with Crippen molar-refractivity contribution in [1.29, 1.82) is 0 Å². The molecule has 0 bridgehead atoms. The lowest BCUT2D eigenvalue weighted by Gasteiger charge is -2.09. The summed E-state index contributed by atoms with van der Waals surface area (Å²) < 4.78 is 1.69. The lowest BCUT2D eigenvalue weighted by Crippen LogP contribution is -2.27. The molecule has 0 fully saturated rings. The Morgan fingerprint density at radius 2 is 2.19 bits per heavy atom. The fourth-order valence-corrected chi connectivity index (χ4v) is 4.31. The maximum absolute atomic E-state index is 11.8. The molecule has 1 unspecified atom stereocenters. The third-order valence-corrected chi connectivity index (χ3v) is 6.35. The van der Waals surface area contributed by atoms with Gasteiger partial charge in [-0.2, -0.15) is 0 Å². The summed E-state index contributed by atoms with van der Waals surface area (Å²) in [5.41, 5.74) is 0.705. The zero-order valence-electron chi connectivity index (χ0n) is 7.85. The highest BCUT2D eigenvalue weighted by Crippen LogP contribution is 2.46. The van der Waals surface area contributed by atoms with E-state index in [4.69, 9.17) is 0 Å². The Morgan fingerprint density at radius 1 is 1.50 bits per heavy atom. The van der Waals surface area contributed by atoms with Crippen molar-refractivity contribution in [1.82, 2.24) is 5.32 Å². The molecular weight excluding hydrogens is 426 g/mol. The van der Waals surface area contributed by atoms with Gasteiger partial charge in [0, 0.05) is 16.9 Å². The zero-order chi connectivity index (χ0) is 11.9. The summed E-state index contributed by atoms with van der Waals surface area (Å²) in [7, 11) is 0. The fourth-order valence-electron chi connectivity index (χ4n) is 1.63. The van der Waals surface area contributed by atoms with Crippen molar-refractivity contribution in [3.8, 4) is 0 Å². The van der Waals surface area contributed by atoms with E-state index in [-0.39, 0.29) is 23.1 Å². The number of ketones is 1. The van der Waals surface area contributed by atoms with Crippen LogP contribution in [0.3, 0.4) is 0 Å². The highest BCUT2D eigenvalue weighted by Gasteiger charge is 2.35. The summed E-state index contributed by atoms with van der Waals surface area (Å²) in [6.07, 6.45) is 0.353. The van der Waals surface area contributed by atoms with Crippen molar-refractivity contribution in [2.45, 2.75) is 12.5 Å². The Bertz CT molecular complexity index is 472. The number of carbonyl (C=O) groups excluding carboxylic acids is 2. The van der Waals surface area contributed by atoms with Crippen molar-refractivity contribution < 1.29 is 9.59 Å². The van der Waals surface area contributed by atoms with Gasteiger partial charge in [0.1, 0.15) is 0 Å². The normalized spacial score (nSPS) is 18.7. The summed E-state index contributed by atoms with van der Waals surface area (Å²) in [6.45, 7) is 0. The third-order valence-electron chi connectivity index (χ3n) is 2.28. The molecule has 0 radical (unpaired) electrons. The number of Topliss-reactive ketones (excluding diaryl/α,β-unsaturated/α-hetero) is 1. The maximum Gasteiger partial charge on any atom is 0.231 e. The molecule has 3 nitrogen and oxygen atoms in total. The van der Waals surface area contributed by atoms with Gasteiger partial charge in [-0.1, -0.05) is 15.9 Å². The van der Waals surface area contributed by atoms with E-state index in [0.29, 0.717) is 12.0 Å². The first kappa shape index (κ1) is 12.7. The second-order valence-electron chi connectivity index (χ2n) is 3.31. The van der Waals surface area contributed by atoms with Crippen LogP contribution in [0.5, 0.6) is 0 Å². The van der Waals surface area contributed by atoms with Crippen molar-refractivity contribution in [2.75, 3.05) is 5.33 Å². The minimum absolute atomic E-state index is 0.0729. The van der Waals surface area contributed by atoms with Crippen LogP contribution in [0.1, 0.15) is 27.7 Å². The number of hydrogen-bond donors (Lipinski definition) is 1. The number of halogens is 3. The predicted molar refractivity (Wildman–Crippen MR) is 73.3 cm³/mol. The molecule has 1 aliphatic rings. The average molecular weight is 432 g/mol. The van der Waals surface area contributed by atoms with Crippen LogP contribution in [0.2, 0.25) is 0 Å². The van der Waals surface area contributed by atoms with E-state index in [2.05, 4.69) is 53.1 Å². The number of rotatable bonds is 2. The van der Waals surface area contributed by atoms with E-state index < -0.39 is 0 Å². The van der Waals surface area contributed by atoms with Crippen LogP contribution in [0, 0.1) is 0 Å². The van der Waals surface area contributed by atoms with E-state index in [1.54, 1.807) is 0 Å². The molecule has 1 heterocycles. The van der Waals surface area contributed by atoms with E-state index in [1.807, 2.05) is 0 Å². The first-order valence-electron chi connectivity index (χ1n) is 4.40. The van der Waals surface area contributed by atoms with Crippen molar-refractivity contribution in [3.63, 3.8) is 0 Å². The lowest BCUT2D eigenvalue weighted by molar-refractivity contribution is -0.119. The fraction of sp³-hybridized carbons (Fsp3) is 0.333. The Hall–Kier alpha value is 0.280. The smallest absolute Gasteiger partial charge is 0.231 e. The molecule has 7 heteroatoms. The van der Waals surface area contributed by atoms with Gasteiger partial charge in [0.05, 0.1) is 19.6 Å². The van der Waals surface area contributed by atoms with Gasteiger partial charge in [-0.3, -0.25) is 9.59 Å². The molecule has 1 N–H and O–H groups in total. The van der Waals surface area contributed by atoms with Gasteiger partial charge >= 0.3 is 0 Å². The van der Waals surface area contributed by atoms with Crippen molar-refractivity contribution in [3.05, 3.63) is 18.7 Å². The lowest BCUT2D eigenvalue weighted by atomic mass is 10.2. The van der Waals surface area contributed by atoms with Crippen LogP contribution < -0.4 is 5.32 Å². The number of nitrogens with one attached hydrogen (secondary N) is 1. The molecule has 86 valence electrons. The molecule has 1 aromatic rings. The Morgan fingerprint density at radius 3 is 2.81 bits per heavy atom. The van der Waals surface area contributed by atoms with Crippen molar-refractivity contribution in [2.24, 2.45) is 0 Å². The number of thiophene rings is 1. The van der Waals surface area contributed by atoms with Gasteiger partial charge in [0.25, 0.3) is 0 Å². The van der Waals surface area contributed by atoms with Crippen LogP contribution in [-0.2, 0) is 4.79 Å². The third kappa shape index (κ3) is 2.14. The SMILES string of the molecule is O=C(CBr)NC1CC(=O)c2c1sc(Br)c2Br. The molecular formula is C9H6Br3NO2S. The molecule has 1 amide bonds. The van der Waals surface area contributed by atoms with Crippen LogP contribution in [0.4, 0.5) is 0 Å². The largest absolute Gasteiger partial charge is 0.347 e. The van der Waals surface area contributed by atoms with Crippen LogP contribution in [-0.4, -0.2) is 17.0 Å². The molecule has 2 rings (SSSR count). The summed E-state index contributed by atoms with van der Waals surface area (Å²) >= 11 is 11.3. The quantitative estimate of drug-likeness (QED) is 0.729. The summed E-state index contributed by atoms with van der Waals surface area (Å²) in [6, 6.07) is -0.180. The summed E-state index contributed by atoms with van der Waals surface area (Å²) in [4.78, 5) is 24.0. The Kier molecular flexibility index (Phi) is 3.88. The van der Waals surface area contributed by atoms with Gasteiger partial charge in [-0.05, 0) is 31.9 Å². The summed E-state index contributed by atoms with van der Waals surface area (Å²) in [5, 5.41) is 3.07. The first-order valence-corrected chi connectivity index (χ1v) is 7.93. The van der Waals surface area contributed by atoms with E-state index in [9.17, 15) is 9.59 Å². The molecule has 0 saturated heterocycles. The number of hydrogen-bond acceptors (Lipinski definition) is 3. The minimum Gasteiger partial charge on any atom is -0.347 e. The van der Waals surface area contributed by atoms with E-state index in [0.717, 1.165) is 13.1 Å². The Labute approximate surface area is 121 Å². The zero-order valence-corrected chi connectivity index (χ0v) is 13.4. The van der Waals surface area contributed by atoms with Crippen LogP contribution in [0.25, 0.3) is 0 Å². The Balaban J connectivity index is 2.32. The molecule has 16 heavy (non-hydrogen) atoms. The van der Waals surface area contributed by atoms with Crippen LogP contribution >= 0.6 is 59.1 Å². The molecule has 0 spiro atoms. The number of fused-ring (bicyclic) bond motifs is 1. The van der Waals surface area contributed by atoms with E-state index >= 15 is 0 Å². The molecule has 0 saturated carbocycles. The summed E-state index contributed by atoms with van der Waals surface area (Å²) in [5.74, 6) is -0.0324. The number of carbonyl (C=O) groups is 2. The van der Waals surface area contributed by atoms with Crippen molar-refractivity contribution >= 4 is 70.8 Å². The van der Waals surface area contributed by atoms with Gasteiger partial charge in [0.15, 0.2) is 5.78 Å². The van der Waals surface area contributed by atoms with Gasteiger partial charge in [-0.15, -0.1) is 11.3 Å². The topological polar surface area (TPSA) is 46.2 Å². The number of amides is 1. The molecule has 0 aliphatic heterocycles. The van der Waals surface area contributed by atoms with Gasteiger partial charge in [0.2, 0.25) is 5.91 Å². The predicted octanol–water partition coefficient (Wildman–Crippen LogP) is 3.41. The van der Waals surface area contributed by atoms with E-state index in [1.165, 1.54) is 11.3 Å². The second-order valence-corrected chi connectivity index (χ2v) is 7.03. The van der Waals surface area contributed by atoms with Crippen LogP contribution in [0.15, 0.2) is 8.26 Å². The minimum atomic E-state index is -0.180. The monoisotopic (exact) mass is 429 g/mol. The molecule has 1 aliphatic carbocycles. The highest BCUT2D eigenvalue weighted by atomic mass is 79.9.